The van der Waals surface area contributed by atoms with Gasteiger partial charge in [0, 0.05) is 5.38 Å². The summed E-state index contributed by atoms with van der Waals surface area (Å²) in [7, 11) is 1.57. The molecule has 19 heavy (non-hydrogen) atoms. The number of nitrogen functional groups attached to an aromatic ring is 1. The molecular weight excluding hydrogens is 262 g/mol. The highest BCUT2D eigenvalue weighted by Crippen LogP contribution is 2.25. The Kier molecular flexibility index (Phi) is 4.01. The molecule has 2 aromatic rings. The highest BCUT2D eigenvalue weighted by Gasteiger charge is 2.10. The lowest BCUT2D eigenvalue weighted by Crippen LogP contribution is -2.15. The van der Waals surface area contributed by atoms with Crippen molar-refractivity contribution in [2.24, 2.45) is 0 Å². The van der Waals surface area contributed by atoms with Gasteiger partial charge < -0.3 is 15.8 Å². The van der Waals surface area contributed by atoms with Gasteiger partial charge in [-0.05, 0) is 24.6 Å². The molecule has 0 aliphatic rings. The van der Waals surface area contributed by atoms with Crippen molar-refractivity contribution in [3.8, 4) is 5.75 Å². The van der Waals surface area contributed by atoms with Crippen LogP contribution in [0.4, 0.5) is 10.8 Å². The zero-order valence-electron chi connectivity index (χ0n) is 10.8. The van der Waals surface area contributed by atoms with E-state index in [1.165, 1.54) is 11.3 Å². The summed E-state index contributed by atoms with van der Waals surface area (Å²) in [6, 6.07) is 5.62. The predicted octanol–water partition coefficient (Wildman–Crippen LogP) is 2.22. The van der Waals surface area contributed by atoms with Crippen LogP contribution in [0.15, 0.2) is 23.6 Å². The van der Waals surface area contributed by atoms with Crippen LogP contribution < -0.4 is 15.8 Å². The maximum atomic E-state index is 11.9. The highest BCUT2D eigenvalue weighted by molar-refractivity contribution is 7.13. The molecule has 1 heterocycles. The number of nitrogens with zero attached hydrogens (tertiary/aromatic N) is 1. The Labute approximate surface area is 115 Å². The second-order valence-electron chi connectivity index (χ2n) is 4.11. The fraction of sp³-hybridized carbons (Fsp3) is 0.231. The SMILES string of the molecule is COc1ccc(C)cc1NC(=O)Cc1csc(N)n1. The van der Waals surface area contributed by atoms with Crippen LogP contribution in [0.2, 0.25) is 0 Å². The number of nitrogens with one attached hydrogen (secondary N) is 1. The average Bonchev–Trinajstić information content (AvgIpc) is 2.75. The summed E-state index contributed by atoms with van der Waals surface area (Å²) in [5.74, 6) is 0.492. The molecule has 0 bridgehead atoms. The fourth-order valence-corrected chi connectivity index (χ4v) is 2.25. The third-order valence-electron chi connectivity index (χ3n) is 2.54. The molecule has 2 rings (SSSR count). The molecule has 1 amide bonds. The normalized spacial score (nSPS) is 10.2. The molecule has 0 radical (unpaired) electrons. The molecule has 0 saturated heterocycles. The van der Waals surface area contributed by atoms with Crippen molar-refractivity contribution in [2.75, 3.05) is 18.2 Å². The average molecular weight is 277 g/mol. The van der Waals surface area contributed by atoms with Crippen molar-refractivity contribution in [3.63, 3.8) is 0 Å². The molecule has 0 fully saturated rings. The van der Waals surface area contributed by atoms with Crippen molar-refractivity contribution in [3.05, 3.63) is 34.8 Å². The molecule has 1 aromatic carbocycles. The number of amides is 1. The Balaban J connectivity index is 2.08. The minimum Gasteiger partial charge on any atom is -0.495 e. The van der Waals surface area contributed by atoms with Gasteiger partial charge in [-0.25, -0.2) is 4.98 Å². The number of rotatable bonds is 4. The first kappa shape index (κ1) is 13.4. The van der Waals surface area contributed by atoms with Gasteiger partial charge >= 0.3 is 0 Å². The molecule has 0 atom stereocenters. The number of thiazole rings is 1. The molecule has 0 aliphatic carbocycles. The van der Waals surface area contributed by atoms with Crippen LogP contribution in [-0.2, 0) is 11.2 Å². The van der Waals surface area contributed by atoms with Gasteiger partial charge in [0.05, 0.1) is 24.9 Å². The highest BCUT2D eigenvalue weighted by atomic mass is 32.1. The van der Waals surface area contributed by atoms with Crippen LogP contribution in [-0.4, -0.2) is 18.0 Å². The smallest absolute Gasteiger partial charge is 0.230 e. The standard InChI is InChI=1S/C13H15N3O2S/c1-8-3-4-11(18-2)10(5-8)16-12(17)6-9-7-19-13(14)15-9/h3-5,7H,6H2,1-2H3,(H2,14,15)(H,16,17). The van der Waals surface area contributed by atoms with Crippen LogP contribution in [0.1, 0.15) is 11.3 Å². The third-order valence-corrected chi connectivity index (χ3v) is 3.26. The Bertz CT molecular complexity index is 595. The summed E-state index contributed by atoms with van der Waals surface area (Å²) in [6.07, 6.45) is 0.199. The molecule has 6 heteroatoms. The topological polar surface area (TPSA) is 77.2 Å². The summed E-state index contributed by atoms with van der Waals surface area (Å²) in [5.41, 5.74) is 7.91. The van der Waals surface area contributed by atoms with E-state index < -0.39 is 0 Å². The molecular formula is C13H15N3O2S. The van der Waals surface area contributed by atoms with E-state index in [1.807, 2.05) is 25.1 Å². The number of hydrogen-bond acceptors (Lipinski definition) is 5. The number of aromatic nitrogens is 1. The van der Waals surface area contributed by atoms with Crippen molar-refractivity contribution >= 4 is 28.1 Å². The van der Waals surface area contributed by atoms with Gasteiger partial charge in [0.25, 0.3) is 0 Å². The molecule has 0 saturated carbocycles. The zero-order chi connectivity index (χ0) is 13.8. The van der Waals surface area contributed by atoms with Crippen LogP contribution in [0.25, 0.3) is 0 Å². The van der Waals surface area contributed by atoms with Crippen molar-refractivity contribution in [2.45, 2.75) is 13.3 Å². The van der Waals surface area contributed by atoms with E-state index >= 15 is 0 Å². The summed E-state index contributed by atoms with van der Waals surface area (Å²) in [4.78, 5) is 16.0. The van der Waals surface area contributed by atoms with Gasteiger partial charge in [-0.15, -0.1) is 11.3 Å². The van der Waals surface area contributed by atoms with Crippen molar-refractivity contribution in [1.82, 2.24) is 4.98 Å². The number of hydrogen-bond donors (Lipinski definition) is 2. The minimum atomic E-state index is -0.144. The van der Waals surface area contributed by atoms with E-state index in [4.69, 9.17) is 10.5 Å². The molecule has 0 spiro atoms. The Morgan fingerprint density at radius 1 is 1.53 bits per heavy atom. The van der Waals surface area contributed by atoms with Gasteiger partial charge in [-0.2, -0.15) is 0 Å². The first-order chi connectivity index (χ1) is 9.08. The largest absolute Gasteiger partial charge is 0.495 e. The lowest BCUT2D eigenvalue weighted by atomic mass is 10.2. The number of nitrogens with two attached hydrogens (primary N) is 1. The van der Waals surface area contributed by atoms with Crippen molar-refractivity contribution < 1.29 is 9.53 Å². The number of anilines is 2. The Morgan fingerprint density at radius 2 is 2.32 bits per heavy atom. The quantitative estimate of drug-likeness (QED) is 0.898. The van der Waals surface area contributed by atoms with Crippen LogP contribution in [0, 0.1) is 6.92 Å². The molecule has 5 nitrogen and oxygen atoms in total. The molecule has 1 aromatic heterocycles. The van der Waals surface area contributed by atoms with Gasteiger partial charge in [-0.3, -0.25) is 4.79 Å². The number of benzene rings is 1. The maximum absolute atomic E-state index is 11.9. The van der Waals surface area contributed by atoms with E-state index in [9.17, 15) is 4.79 Å². The number of carbonyl (C=O) groups is 1. The second kappa shape index (κ2) is 5.71. The maximum Gasteiger partial charge on any atom is 0.230 e. The van der Waals surface area contributed by atoms with E-state index in [2.05, 4.69) is 10.3 Å². The summed E-state index contributed by atoms with van der Waals surface area (Å²) in [6.45, 7) is 1.95. The van der Waals surface area contributed by atoms with E-state index in [1.54, 1.807) is 12.5 Å². The Hall–Kier alpha value is -2.08. The summed E-state index contributed by atoms with van der Waals surface area (Å²) >= 11 is 1.32. The molecule has 0 unspecified atom stereocenters. The monoisotopic (exact) mass is 277 g/mol. The first-order valence-corrected chi connectivity index (χ1v) is 6.61. The van der Waals surface area contributed by atoms with E-state index in [0.717, 1.165) is 5.56 Å². The Morgan fingerprint density at radius 3 is 2.95 bits per heavy atom. The van der Waals surface area contributed by atoms with Crippen LogP contribution >= 0.6 is 11.3 Å². The number of methoxy groups -OCH3 is 1. The lowest BCUT2D eigenvalue weighted by Gasteiger charge is -2.10. The van der Waals surface area contributed by atoms with E-state index in [0.29, 0.717) is 22.3 Å². The van der Waals surface area contributed by atoms with Gasteiger partial charge in [-0.1, -0.05) is 6.07 Å². The fourth-order valence-electron chi connectivity index (χ4n) is 1.68. The van der Waals surface area contributed by atoms with Gasteiger partial charge in [0.15, 0.2) is 5.13 Å². The predicted molar refractivity (Wildman–Crippen MR) is 76.6 cm³/mol. The lowest BCUT2D eigenvalue weighted by molar-refractivity contribution is -0.115. The molecule has 0 aliphatic heterocycles. The second-order valence-corrected chi connectivity index (χ2v) is 5.00. The summed E-state index contributed by atoms with van der Waals surface area (Å²) in [5, 5.41) is 5.07. The number of ether oxygens (including phenoxy) is 1. The number of aryl methyl sites for hydroxylation is 1. The number of carbonyl (C=O) groups excluding carboxylic acids is 1. The minimum absolute atomic E-state index is 0.144. The van der Waals surface area contributed by atoms with Gasteiger partial charge in [0.1, 0.15) is 5.75 Å². The first-order valence-electron chi connectivity index (χ1n) is 5.73. The third kappa shape index (κ3) is 3.45. The zero-order valence-corrected chi connectivity index (χ0v) is 11.6. The van der Waals surface area contributed by atoms with Crippen molar-refractivity contribution in [1.29, 1.82) is 0 Å². The molecule has 100 valence electrons. The summed E-state index contributed by atoms with van der Waals surface area (Å²) < 4.78 is 5.21. The van der Waals surface area contributed by atoms with Crippen LogP contribution in [0.5, 0.6) is 5.75 Å². The van der Waals surface area contributed by atoms with E-state index in [-0.39, 0.29) is 12.3 Å². The van der Waals surface area contributed by atoms with Gasteiger partial charge in [0.2, 0.25) is 5.91 Å². The van der Waals surface area contributed by atoms with Crippen LogP contribution in [0.3, 0.4) is 0 Å². The molecule has 3 N–H and O–H groups in total.